The number of halogens is 8. The van der Waals surface area contributed by atoms with Crippen LogP contribution in [0.25, 0.3) is 0 Å². The number of sulfone groups is 1. The number of ether oxygens (including phenoxy) is 2. The van der Waals surface area contributed by atoms with Crippen LogP contribution in [0, 0.1) is 17.6 Å². The minimum atomic E-state index is -5.04. The standard InChI is InChI=1S/C26H27F8NO4S/c1-15(18-10-19(25(29,30)31)13-20(11-18)26(32,33)34)39-24-23(16-2-3-21(27)22(28)12-16)17(4-7-38-24)14-35-5-8-40(36,37)9-6-35/h2-3,10-13,15,17,23-24H,4-9,14H2,1H3/t15-,17+,23+,24-/m1/s1. The van der Waals surface area contributed by atoms with Gasteiger partial charge in [-0.25, -0.2) is 17.2 Å². The second-order valence-electron chi connectivity index (χ2n) is 10.1. The van der Waals surface area contributed by atoms with E-state index in [-0.39, 0.29) is 48.7 Å². The highest BCUT2D eigenvalue weighted by atomic mass is 32.2. The molecular weight excluding hydrogens is 574 g/mol. The molecule has 4 rings (SSSR count). The Hall–Kier alpha value is -2.29. The molecule has 2 fully saturated rings. The lowest BCUT2D eigenvalue weighted by atomic mass is 9.81. The molecule has 0 saturated carbocycles. The van der Waals surface area contributed by atoms with Crippen LogP contribution >= 0.6 is 0 Å². The summed E-state index contributed by atoms with van der Waals surface area (Å²) in [5, 5.41) is 0. The van der Waals surface area contributed by atoms with Gasteiger partial charge in [-0.2, -0.15) is 26.3 Å². The molecule has 0 aromatic heterocycles. The van der Waals surface area contributed by atoms with Crippen molar-refractivity contribution >= 4 is 9.84 Å². The van der Waals surface area contributed by atoms with Gasteiger partial charge in [0.2, 0.25) is 0 Å². The van der Waals surface area contributed by atoms with Gasteiger partial charge in [0.15, 0.2) is 27.8 Å². The molecule has 4 atom stereocenters. The third kappa shape index (κ3) is 7.31. The van der Waals surface area contributed by atoms with E-state index in [1.54, 1.807) is 0 Å². The van der Waals surface area contributed by atoms with E-state index in [9.17, 15) is 43.5 Å². The van der Waals surface area contributed by atoms with Crippen molar-refractivity contribution in [3.63, 3.8) is 0 Å². The fraction of sp³-hybridized carbons (Fsp3) is 0.538. The molecule has 0 unspecified atom stereocenters. The van der Waals surface area contributed by atoms with Crippen LogP contribution in [0.2, 0.25) is 0 Å². The van der Waals surface area contributed by atoms with E-state index in [2.05, 4.69) is 0 Å². The number of alkyl halides is 6. The number of rotatable bonds is 6. The highest BCUT2D eigenvalue weighted by Gasteiger charge is 2.41. The van der Waals surface area contributed by atoms with E-state index in [1.807, 2.05) is 4.90 Å². The minimum absolute atomic E-state index is 0.0201. The summed E-state index contributed by atoms with van der Waals surface area (Å²) in [4.78, 5) is 1.91. The molecule has 222 valence electrons. The van der Waals surface area contributed by atoms with Gasteiger partial charge in [-0.15, -0.1) is 0 Å². The van der Waals surface area contributed by atoms with Gasteiger partial charge in [0.05, 0.1) is 35.3 Å². The van der Waals surface area contributed by atoms with Crippen molar-refractivity contribution in [2.24, 2.45) is 5.92 Å². The van der Waals surface area contributed by atoms with Crippen LogP contribution in [0.4, 0.5) is 35.1 Å². The molecule has 0 aliphatic carbocycles. The summed E-state index contributed by atoms with van der Waals surface area (Å²) < 4.78 is 144. The van der Waals surface area contributed by atoms with Crippen LogP contribution in [-0.4, -0.2) is 57.4 Å². The van der Waals surface area contributed by atoms with E-state index < -0.39 is 68.8 Å². The molecule has 5 nitrogen and oxygen atoms in total. The van der Waals surface area contributed by atoms with Crippen molar-refractivity contribution in [1.82, 2.24) is 4.90 Å². The van der Waals surface area contributed by atoms with Gasteiger partial charge < -0.3 is 14.4 Å². The molecule has 0 N–H and O–H groups in total. The van der Waals surface area contributed by atoms with Crippen LogP contribution in [0.1, 0.15) is 47.6 Å². The second kappa shape index (κ2) is 11.5. The maximum Gasteiger partial charge on any atom is 0.416 e. The van der Waals surface area contributed by atoms with E-state index >= 15 is 0 Å². The van der Waals surface area contributed by atoms with Gasteiger partial charge in [-0.1, -0.05) is 6.07 Å². The van der Waals surface area contributed by atoms with Crippen molar-refractivity contribution in [2.75, 3.05) is 37.7 Å². The molecule has 0 bridgehead atoms. The van der Waals surface area contributed by atoms with E-state index in [0.717, 1.165) is 12.1 Å². The van der Waals surface area contributed by atoms with Gasteiger partial charge in [0.25, 0.3) is 0 Å². The van der Waals surface area contributed by atoms with Crippen LogP contribution in [-0.2, 0) is 31.7 Å². The predicted molar refractivity (Wildman–Crippen MR) is 128 cm³/mol. The zero-order valence-electron chi connectivity index (χ0n) is 21.2. The Morgan fingerprint density at radius 1 is 0.950 bits per heavy atom. The quantitative estimate of drug-likeness (QED) is 0.383. The molecule has 14 heteroatoms. The Labute approximate surface area is 226 Å². The van der Waals surface area contributed by atoms with Crippen molar-refractivity contribution in [1.29, 1.82) is 0 Å². The lowest BCUT2D eigenvalue weighted by molar-refractivity contribution is -0.210. The summed E-state index contributed by atoms with van der Waals surface area (Å²) in [5.41, 5.74) is -3.11. The topological polar surface area (TPSA) is 55.8 Å². The number of hydrogen-bond acceptors (Lipinski definition) is 5. The summed E-state index contributed by atoms with van der Waals surface area (Å²) in [6.45, 7) is 2.26. The van der Waals surface area contributed by atoms with Crippen LogP contribution in [0.3, 0.4) is 0 Å². The van der Waals surface area contributed by atoms with E-state index in [0.29, 0.717) is 25.1 Å². The van der Waals surface area contributed by atoms with Gasteiger partial charge in [-0.05, 0) is 60.7 Å². The molecule has 0 radical (unpaired) electrons. The van der Waals surface area contributed by atoms with E-state index in [1.165, 1.54) is 13.0 Å². The minimum Gasteiger partial charge on any atom is -0.352 e. The molecule has 0 amide bonds. The summed E-state index contributed by atoms with van der Waals surface area (Å²) in [6.07, 6.45) is -12.2. The zero-order valence-corrected chi connectivity index (χ0v) is 22.1. The van der Waals surface area contributed by atoms with Crippen molar-refractivity contribution in [3.8, 4) is 0 Å². The number of hydrogen-bond donors (Lipinski definition) is 0. The first-order valence-corrected chi connectivity index (χ1v) is 14.3. The Morgan fingerprint density at radius 2 is 1.55 bits per heavy atom. The molecule has 2 aromatic carbocycles. The first kappa shape index (κ1) is 30.7. The van der Waals surface area contributed by atoms with Crippen molar-refractivity contribution in [3.05, 3.63) is 70.3 Å². The molecule has 2 saturated heterocycles. The second-order valence-corrected chi connectivity index (χ2v) is 12.4. The fourth-order valence-corrected chi connectivity index (χ4v) is 6.35. The zero-order chi connectivity index (χ0) is 29.5. The average Bonchev–Trinajstić information content (AvgIpc) is 2.86. The maximum atomic E-state index is 14.2. The lowest BCUT2D eigenvalue weighted by Crippen LogP contribution is -2.47. The highest BCUT2D eigenvalue weighted by molar-refractivity contribution is 7.91. The molecule has 0 spiro atoms. The molecular formula is C26H27F8NO4S. The number of benzene rings is 2. The normalized spacial score (nSPS) is 25.1. The summed E-state index contributed by atoms with van der Waals surface area (Å²) >= 11 is 0. The van der Waals surface area contributed by atoms with Gasteiger partial charge in [0, 0.05) is 25.6 Å². The first-order valence-electron chi connectivity index (χ1n) is 12.5. The third-order valence-electron chi connectivity index (χ3n) is 7.25. The molecule has 40 heavy (non-hydrogen) atoms. The molecule has 2 aromatic rings. The fourth-order valence-electron chi connectivity index (χ4n) is 5.08. The Balaban J connectivity index is 1.64. The highest BCUT2D eigenvalue weighted by Crippen LogP contribution is 2.42. The first-order chi connectivity index (χ1) is 18.5. The lowest BCUT2D eigenvalue weighted by Gasteiger charge is -2.42. The Morgan fingerprint density at radius 3 is 2.10 bits per heavy atom. The van der Waals surface area contributed by atoms with Gasteiger partial charge in [0.1, 0.15) is 0 Å². The Bertz CT molecular complexity index is 1270. The largest absolute Gasteiger partial charge is 0.416 e. The van der Waals surface area contributed by atoms with Crippen LogP contribution in [0.15, 0.2) is 36.4 Å². The average molecular weight is 602 g/mol. The predicted octanol–water partition coefficient (Wildman–Crippen LogP) is 5.96. The summed E-state index contributed by atoms with van der Waals surface area (Å²) in [5.74, 6) is -3.44. The number of nitrogens with zero attached hydrogens (tertiary/aromatic N) is 1. The molecule has 2 aliphatic heterocycles. The monoisotopic (exact) mass is 601 g/mol. The Kier molecular flexibility index (Phi) is 8.84. The summed E-state index contributed by atoms with van der Waals surface area (Å²) in [7, 11) is -3.16. The van der Waals surface area contributed by atoms with Gasteiger partial charge >= 0.3 is 12.4 Å². The van der Waals surface area contributed by atoms with Crippen LogP contribution < -0.4 is 0 Å². The maximum absolute atomic E-state index is 14.2. The molecule has 2 heterocycles. The van der Waals surface area contributed by atoms with Crippen molar-refractivity contribution in [2.45, 2.75) is 44.0 Å². The molecule has 2 aliphatic rings. The third-order valence-corrected chi connectivity index (χ3v) is 8.86. The smallest absolute Gasteiger partial charge is 0.352 e. The SMILES string of the molecule is C[C@@H](O[C@H]1OCC[C@@H](CN2CCS(=O)(=O)CC2)[C@@H]1c1ccc(F)c(F)c1)c1cc(C(F)(F)F)cc(C(F)(F)F)c1. The summed E-state index contributed by atoms with van der Waals surface area (Å²) in [6, 6.07) is 4.34. The van der Waals surface area contributed by atoms with Crippen molar-refractivity contribution < 1.29 is 53.0 Å². The van der Waals surface area contributed by atoms with Crippen LogP contribution in [0.5, 0.6) is 0 Å². The van der Waals surface area contributed by atoms with Gasteiger partial charge in [-0.3, -0.25) is 0 Å². The van der Waals surface area contributed by atoms with E-state index in [4.69, 9.17) is 9.47 Å².